The molecule has 33 heavy (non-hydrogen) atoms. The molecule has 1 saturated heterocycles. The highest BCUT2D eigenvalue weighted by molar-refractivity contribution is 5.92. The summed E-state index contributed by atoms with van der Waals surface area (Å²) in [6.07, 6.45) is -0.446. The van der Waals surface area contributed by atoms with Gasteiger partial charge in [-0.25, -0.2) is 9.78 Å². The van der Waals surface area contributed by atoms with Crippen molar-refractivity contribution < 1.29 is 22.7 Å². The Morgan fingerprint density at radius 2 is 2.06 bits per heavy atom. The number of halogens is 3. The van der Waals surface area contributed by atoms with Gasteiger partial charge in [-0.2, -0.15) is 5.10 Å². The van der Waals surface area contributed by atoms with Crippen molar-refractivity contribution in [1.82, 2.24) is 19.7 Å². The standard InChI is InChI=1S/C22H25F3N6O2/c1-4-15-13-30(10-11-31(15)18-8-9-26-20-16(18)12-27-29(20)3)21(32)28-17-6-5-7-19(14(17)2)33-22(23,24)25/h5-9,12,15H,4,10-11,13H2,1-3H3,(H,28,32)/t15-/m0/s1. The molecule has 0 radical (unpaired) electrons. The van der Waals surface area contributed by atoms with Crippen LogP contribution in [0.15, 0.2) is 36.7 Å². The van der Waals surface area contributed by atoms with Gasteiger partial charge in [0.1, 0.15) is 5.75 Å². The number of piperazine rings is 1. The molecule has 11 heteroatoms. The molecule has 0 saturated carbocycles. The minimum atomic E-state index is -4.80. The van der Waals surface area contributed by atoms with E-state index < -0.39 is 6.36 Å². The molecule has 0 bridgehead atoms. The molecule has 2 amide bonds. The number of amides is 2. The van der Waals surface area contributed by atoms with Crippen LogP contribution in [0.25, 0.3) is 11.0 Å². The van der Waals surface area contributed by atoms with E-state index in [0.29, 0.717) is 19.6 Å². The molecular formula is C22H25F3N6O2. The van der Waals surface area contributed by atoms with E-state index in [0.717, 1.165) is 23.1 Å². The molecule has 0 unspecified atom stereocenters. The number of alkyl halides is 3. The topological polar surface area (TPSA) is 75.5 Å². The summed E-state index contributed by atoms with van der Waals surface area (Å²) in [5.41, 5.74) is 2.31. The first-order valence-electron chi connectivity index (χ1n) is 10.6. The van der Waals surface area contributed by atoms with Crippen LogP contribution < -0.4 is 15.0 Å². The van der Waals surface area contributed by atoms with Crippen molar-refractivity contribution >= 4 is 28.4 Å². The van der Waals surface area contributed by atoms with E-state index in [1.165, 1.54) is 19.1 Å². The molecule has 3 aromatic rings. The van der Waals surface area contributed by atoms with Crippen molar-refractivity contribution in [3.05, 3.63) is 42.2 Å². The van der Waals surface area contributed by atoms with E-state index in [2.05, 4.69) is 32.0 Å². The highest BCUT2D eigenvalue weighted by Gasteiger charge is 2.33. The maximum atomic E-state index is 12.9. The fraction of sp³-hybridized carbons (Fsp3) is 0.409. The lowest BCUT2D eigenvalue weighted by atomic mass is 10.1. The molecule has 0 spiro atoms. The second kappa shape index (κ2) is 8.80. The Balaban J connectivity index is 1.49. The Morgan fingerprint density at radius 3 is 2.79 bits per heavy atom. The lowest BCUT2D eigenvalue weighted by Crippen LogP contribution is -2.55. The Hall–Kier alpha value is -3.50. The molecule has 1 aliphatic heterocycles. The molecule has 1 atom stereocenters. The van der Waals surface area contributed by atoms with Crippen molar-refractivity contribution in [2.75, 3.05) is 29.9 Å². The van der Waals surface area contributed by atoms with Crippen LogP contribution in [0.5, 0.6) is 5.75 Å². The van der Waals surface area contributed by atoms with E-state index in [1.54, 1.807) is 28.0 Å². The number of pyridine rings is 1. The third kappa shape index (κ3) is 4.67. The number of nitrogens with one attached hydrogen (secondary N) is 1. The number of ether oxygens (including phenoxy) is 1. The number of rotatable bonds is 4. The van der Waals surface area contributed by atoms with E-state index in [4.69, 9.17) is 0 Å². The van der Waals surface area contributed by atoms with Crippen molar-refractivity contribution in [3.63, 3.8) is 0 Å². The van der Waals surface area contributed by atoms with E-state index >= 15 is 0 Å². The summed E-state index contributed by atoms with van der Waals surface area (Å²) in [6.45, 7) is 5.08. The molecular weight excluding hydrogens is 437 g/mol. The van der Waals surface area contributed by atoms with Crippen LogP contribution in [0.2, 0.25) is 0 Å². The van der Waals surface area contributed by atoms with Crippen molar-refractivity contribution in [2.24, 2.45) is 7.05 Å². The lowest BCUT2D eigenvalue weighted by molar-refractivity contribution is -0.274. The quantitative estimate of drug-likeness (QED) is 0.626. The normalized spacial score (nSPS) is 16.8. The number of urea groups is 1. The average Bonchev–Trinajstić information content (AvgIpc) is 3.16. The third-order valence-electron chi connectivity index (χ3n) is 5.91. The van der Waals surface area contributed by atoms with Gasteiger partial charge < -0.3 is 19.9 Å². The van der Waals surface area contributed by atoms with Crippen LogP contribution in [0.3, 0.4) is 0 Å². The zero-order valence-corrected chi connectivity index (χ0v) is 18.6. The van der Waals surface area contributed by atoms with Crippen LogP contribution in [0, 0.1) is 6.92 Å². The monoisotopic (exact) mass is 462 g/mol. The second-order valence-corrected chi connectivity index (χ2v) is 7.94. The van der Waals surface area contributed by atoms with E-state index in [9.17, 15) is 18.0 Å². The van der Waals surface area contributed by atoms with Crippen LogP contribution in [-0.4, -0.2) is 57.7 Å². The Kier molecular flexibility index (Phi) is 6.05. The predicted molar refractivity (Wildman–Crippen MR) is 118 cm³/mol. The van der Waals surface area contributed by atoms with Crippen LogP contribution in [-0.2, 0) is 7.05 Å². The maximum Gasteiger partial charge on any atom is 0.573 e. The van der Waals surface area contributed by atoms with E-state index in [-0.39, 0.29) is 29.1 Å². The van der Waals surface area contributed by atoms with Gasteiger partial charge in [-0.15, -0.1) is 13.2 Å². The van der Waals surface area contributed by atoms with Gasteiger partial charge in [0, 0.05) is 50.2 Å². The number of aromatic nitrogens is 3. The summed E-state index contributed by atoms with van der Waals surface area (Å²) in [7, 11) is 1.84. The van der Waals surface area contributed by atoms with E-state index in [1.807, 2.05) is 13.1 Å². The van der Waals surface area contributed by atoms with Crippen LogP contribution >= 0.6 is 0 Å². The maximum absolute atomic E-state index is 12.9. The van der Waals surface area contributed by atoms with Crippen molar-refractivity contribution in [3.8, 4) is 5.75 Å². The molecule has 1 fully saturated rings. The van der Waals surface area contributed by atoms with Gasteiger partial charge in [-0.1, -0.05) is 13.0 Å². The molecule has 3 heterocycles. The Labute approximate surface area is 188 Å². The summed E-state index contributed by atoms with van der Waals surface area (Å²) >= 11 is 0. The zero-order valence-electron chi connectivity index (χ0n) is 18.6. The fourth-order valence-electron chi connectivity index (χ4n) is 4.17. The van der Waals surface area contributed by atoms with Gasteiger partial charge in [0.2, 0.25) is 0 Å². The van der Waals surface area contributed by atoms with Crippen molar-refractivity contribution in [2.45, 2.75) is 32.7 Å². The van der Waals surface area contributed by atoms with Crippen molar-refractivity contribution in [1.29, 1.82) is 0 Å². The number of benzene rings is 1. The fourth-order valence-corrected chi connectivity index (χ4v) is 4.17. The largest absolute Gasteiger partial charge is 0.573 e. The number of hydrogen-bond acceptors (Lipinski definition) is 5. The molecule has 8 nitrogen and oxygen atoms in total. The number of carbonyl (C=O) groups excluding carboxylic acids is 1. The van der Waals surface area contributed by atoms with Gasteiger partial charge >= 0.3 is 12.4 Å². The minimum absolute atomic E-state index is 0.0660. The summed E-state index contributed by atoms with van der Waals surface area (Å²) in [6, 6.07) is 5.85. The first-order chi connectivity index (χ1) is 15.7. The number of carbonyl (C=O) groups is 1. The number of anilines is 2. The third-order valence-corrected chi connectivity index (χ3v) is 5.91. The first kappa shape index (κ1) is 22.7. The molecule has 1 aliphatic rings. The Morgan fingerprint density at radius 1 is 1.27 bits per heavy atom. The molecule has 1 N–H and O–H groups in total. The van der Waals surface area contributed by atoms with Gasteiger partial charge in [0.25, 0.3) is 0 Å². The predicted octanol–water partition coefficient (Wildman–Crippen LogP) is 4.31. The number of aryl methyl sites for hydroxylation is 1. The number of fused-ring (bicyclic) bond motifs is 1. The van der Waals surface area contributed by atoms with Crippen LogP contribution in [0.1, 0.15) is 18.9 Å². The summed E-state index contributed by atoms with van der Waals surface area (Å²) in [5.74, 6) is -0.338. The summed E-state index contributed by atoms with van der Waals surface area (Å²) in [5, 5.41) is 7.99. The minimum Gasteiger partial charge on any atom is -0.405 e. The molecule has 0 aliphatic carbocycles. The van der Waals surface area contributed by atoms with Crippen LogP contribution in [0.4, 0.5) is 29.3 Å². The molecule has 176 valence electrons. The van der Waals surface area contributed by atoms with Gasteiger partial charge in [0.05, 0.1) is 17.3 Å². The molecule has 4 rings (SSSR count). The van der Waals surface area contributed by atoms with Gasteiger partial charge in [-0.05, 0) is 31.5 Å². The lowest BCUT2D eigenvalue weighted by Gasteiger charge is -2.42. The SMILES string of the molecule is CC[C@H]1CN(C(=O)Nc2cccc(OC(F)(F)F)c2C)CCN1c1ccnc2c1cnn2C. The molecule has 1 aromatic carbocycles. The summed E-state index contributed by atoms with van der Waals surface area (Å²) < 4.78 is 43.7. The van der Waals surface area contributed by atoms with Gasteiger partial charge in [0.15, 0.2) is 5.65 Å². The first-order valence-corrected chi connectivity index (χ1v) is 10.6. The number of nitrogens with zero attached hydrogens (tertiary/aromatic N) is 5. The Bertz CT molecular complexity index is 1160. The highest BCUT2D eigenvalue weighted by Crippen LogP contribution is 2.32. The average molecular weight is 462 g/mol. The van der Waals surface area contributed by atoms with Gasteiger partial charge in [-0.3, -0.25) is 4.68 Å². The molecule has 2 aromatic heterocycles. The second-order valence-electron chi connectivity index (χ2n) is 7.94. The zero-order chi connectivity index (χ0) is 23.8. The smallest absolute Gasteiger partial charge is 0.405 e. The number of hydrogen-bond donors (Lipinski definition) is 1. The summed E-state index contributed by atoms with van der Waals surface area (Å²) in [4.78, 5) is 21.3. The highest BCUT2D eigenvalue weighted by atomic mass is 19.4.